The molecule has 2 atom stereocenters. The summed E-state index contributed by atoms with van der Waals surface area (Å²) in [5.41, 5.74) is 0. The summed E-state index contributed by atoms with van der Waals surface area (Å²) in [6, 6.07) is -0.0307. The van der Waals surface area contributed by atoms with Crippen molar-refractivity contribution < 1.29 is 19.8 Å². The van der Waals surface area contributed by atoms with Gasteiger partial charge in [0.15, 0.2) is 6.10 Å². The molecular weight excluding hydrogens is 238 g/mol. The van der Waals surface area contributed by atoms with Gasteiger partial charge >= 0.3 is 12.0 Å². The zero-order valence-corrected chi connectivity index (χ0v) is 10.8. The molecule has 0 aromatic carbocycles. The van der Waals surface area contributed by atoms with E-state index in [1.54, 1.807) is 4.90 Å². The molecule has 1 fully saturated rings. The number of urea groups is 1. The van der Waals surface area contributed by atoms with Crippen LogP contribution in [0.3, 0.4) is 0 Å². The number of aliphatic hydroxyl groups excluding tert-OH is 1. The Morgan fingerprint density at radius 3 is 2.61 bits per heavy atom. The summed E-state index contributed by atoms with van der Waals surface area (Å²) < 4.78 is 0. The van der Waals surface area contributed by atoms with Gasteiger partial charge in [0.25, 0.3) is 0 Å². The van der Waals surface area contributed by atoms with Gasteiger partial charge in [-0.05, 0) is 13.5 Å². The lowest BCUT2D eigenvalue weighted by Gasteiger charge is -2.39. The van der Waals surface area contributed by atoms with Gasteiger partial charge in [0.2, 0.25) is 0 Å². The monoisotopic (exact) mass is 259 g/mol. The van der Waals surface area contributed by atoms with Gasteiger partial charge in [-0.25, -0.2) is 9.59 Å². The molecule has 104 valence electrons. The van der Waals surface area contributed by atoms with Gasteiger partial charge in [0, 0.05) is 25.7 Å². The Labute approximate surface area is 106 Å². The molecule has 1 heterocycles. The van der Waals surface area contributed by atoms with Crippen molar-refractivity contribution in [1.29, 1.82) is 0 Å². The highest BCUT2D eigenvalue weighted by atomic mass is 16.4. The van der Waals surface area contributed by atoms with E-state index < -0.39 is 12.1 Å². The number of hydrogen-bond acceptors (Lipinski definition) is 4. The molecule has 2 amide bonds. The minimum atomic E-state index is -1.55. The normalized spacial score (nSPS) is 22.6. The number of hydrogen-bond donors (Lipinski definition) is 3. The second kappa shape index (κ2) is 6.55. The predicted octanol–water partition coefficient (Wildman–Crippen LogP) is -0.832. The quantitative estimate of drug-likeness (QED) is 0.612. The number of carboxylic acid groups (broad SMARTS) is 1. The Morgan fingerprint density at radius 2 is 2.11 bits per heavy atom. The first-order chi connectivity index (χ1) is 8.45. The van der Waals surface area contributed by atoms with Crippen LogP contribution in [0.2, 0.25) is 0 Å². The lowest BCUT2D eigenvalue weighted by atomic mass is 10.2. The number of piperazine rings is 1. The molecule has 1 aliphatic heterocycles. The van der Waals surface area contributed by atoms with E-state index >= 15 is 0 Å². The summed E-state index contributed by atoms with van der Waals surface area (Å²) in [6.45, 7) is 6.86. The number of carbonyl (C=O) groups is 2. The molecule has 3 N–H and O–H groups in total. The lowest BCUT2D eigenvalue weighted by Crippen LogP contribution is -2.56. The fourth-order valence-electron chi connectivity index (χ4n) is 2.03. The van der Waals surface area contributed by atoms with E-state index in [9.17, 15) is 9.59 Å². The third kappa shape index (κ3) is 3.85. The van der Waals surface area contributed by atoms with Crippen LogP contribution in [0.5, 0.6) is 0 Å². The summed E-state index contributed by atoms with van der Waals surface area (Å²) in [6.07, 6.45) is -1.55. The molecule has 0 aliphatic carbocycles. The lowest BCUT2D eigenvalue weighted by molar-refractivity contribution is -0.146. The SMILES string of the molecule is CCN1CCN(C(=O)NC[C@H](O)C(=O)O)CC1C. The van der Waals surface area contributed by atoms with Crippen molar-refractivity contribution in [2.24, 2.45) is 0 Å². The van der Waals surface area contributed by atoms with Crippen molar-refractivity contribution in [2.45, 2.75) is 26.0 Å². The molecule has 7 nitrogen and oxygen atoms in total. The second-order valence-electron chi connectivity index (χ2n) is 4.46. The maximum Gasteiger partial charge on any atom is 0.334 e. The Balaban J connectivity index is 2.37. The number of aliphatic carboxylic acids is 1. The van der Waals surface area contributed by atoms with Crippen molar-refractivity contribution in [3.05, 3.63) is 0 Å². The Bertz CT molecular complexity index is 311. The summed E-state index contributed by atoms with van der Waals surface area (Å²) >= 11 is 0. The highest BCUT2D eigenvalue weighted by Gasteiger charge is 2.26. The number of rotatable bonds is 4. The minimum Gasteiger partial charge on any atom is -0.479 e. The summed E-state index contributed by atoms with van der Waals surface area (Å²) in [5, 5.41) is 20.0. The summed E-state index contributed by atoms with van der Waals surface area (Å²) in [4.78, 5) is 26.1. The first-order valence-electron chi connectivity index (χ1n) is 6.13. The van der Waals surface area contributed by atoms with Gasteiger partial charge in [-0.1, -0.05) is 6.92 Å². The number of carboxylic acids is 1. The van der Waals surface area contributed by atoms with Gasteiger partial charge in [-0.3, -0.25) is 4.90 Å². The van der Waals surface area contributed by atoms with Crippen molar-refractivity contribution in [1.82, 2.24) is 15.1 Å². The first kappa shape index (κ1) is 14.7. The molecule has 1 unspecified atom stereocenters. The number of aliphatic hydroxyl groups is 1. The Kier molecular flexibility index (Phi) is 5.36. The van der Waals surface area contributed by atoms with Crippen molar-refractivity contribution in [2.75, 3.05) is 32.7 Å². The first-order valence-corrected chi connectivity index (χ1v) is 6.13. The van der Waals surface area contributed by atoms with Crippen LogP contribution in [0.25, 0.3) is 0 Å². The molecular formula is C11H21N3O4. The third-order valence-corrected chi connectivity index (χ3v) is 3.19. The minimum absolute atomic E-state index is 0.267. The van der Waals surface area contributed by atoms with Crippen LogP contribution in [0.1, 0.15) is 13.8 Å². The molecule has 0 aromatic rings. The molecule has 1 aliphatic rings. The number of nitrogens with one attached hydrogen (secondary N) is 1. The Hall–Kier alpha value is -1.34. The summed E-state index contributed by atoms with van der Waals surface area (Å²) in [5.74, 6) is -1.33. The highest BCUT2D eigenvalue weighted by molar-refractivity contribution is 5.76. The molecule has 0 spiro atoms. The molecule has 0 radical (unpaired) electrons. The third-order valence-electron chi connectivity index (χ3n) is 3.19. The number of nitrogens with zero attached hydrogens (tertiary/aromatic N) is 2. The number of likely N-dealkylation sites (N-methyl/N-ethyl adjacent to an activating group) is 1. The van der Waals surface area contributed by atoms with Crippen molar-refractivity contribution >= 4 is 12.0 Å². The van der Waals surface area contributed by atoms with Crippen molar-refractivity contribution in [3.63, 3.8) is 0 Å². The zero-order valence-electron chi connectivity index (χ0n) is 10.8. The maximum absolute atomic E-state index is 11.8. The van der Waals surface area contributed by atoms with Crippen LogP contribution in [-0.4, -0.2) is 76.9 Å². The molecule has 0 aromatic heterocycles. The molecule has 7 heteroatoms. The van der Waals surface area contributed by atoms with Gasteiger partial charge < -0.3 is 20.4 Å². The van der Waals surface area contributed by atoms with Crippen molar-refractivity contribution in [3.8, 4) is 0 Å². The zero-order chi connectivity index (χ0) is 13.7. The van der Waals surface area contributed by atoms with Gasteiger partial charge in [0.05, 0.1) is 6.54 Å². The van der Waals surface area contributed by atoms with E-state index in [0.29, 0.717) is 19.1 Å². The van der Waals surface area contributed by atoms with Gasteiger partial charge in [-0.2, -0.15) is 0 Å². The smallest absolute Gasteiger partial charge is 0.334 e. The molecule has 1 saturated heterocycles. The van der Waals surface area contributed by atoms with Crippen LogP contribution in [0.15, 0.2) is 0 Å². The van der Waals surface area contributed by atoms with Crippen LogP contribution in [-0.2, 0) is 4.79 Å². The van der Waals surface area contributed by atoms with Crippen LogP contribution in [0, 0.1) is 0 Å². The average Bonchev–Trinajstić information content (AvgIpc) is 2.35. The number of amides is 2. The van der Waals surface area contributed by atoms with E-state index in [0.717, 1.165) is 13.1 Å². The standard InChI is InChI=1S/C11H21N3O4/c1-3-13-4-5-14(7-8(13)2)11(18)12-6-9(15)10(16)17/h8-9,15H,3-7H2,1-2H3,(H,12,18)(H,16,17)/t8?,9-/m0/s1. The van der Waals surface area contributed by atoms with E-state index in [1.165, 1.54) is 0 Å². The molecule has 0 bridgehead atoms. The topological polar surface area (TPSA) is 93.1 Å². The second-order valence-corrected chi connectivity index (χ2v) is 4.46. The number of carbonyl (C=O) groups excluding carboxylic acids is 1. The van der Waals surface area contributed by atoms with E-state index in [-0.39, 0.29) is 12.6 Å². The van der Waals surface area contributed by atoms with Crippen LogP contribution >= 0.6 is 0 Å². The van der Waals surface area contributed by atoms with Gasteiger partial charge in [-0.15, -0.1) is 0 Å². The fraction of sp³-hybridized carbons (Fsp3) is 0.818. The highest BCUT2D eigenvalue weighted by Crippen LogP contribution is 2.08. The van der Waals surface area contributed by atoms with E-state index in [2.05, 4.69) is 24.1 Å². The average molecular weight is 259 g/mol. The van der Waals surface area contributed by atoms with E-state index in [4.69, 9.17) is 10.2 Å². The van der Waals surface area contributed by atoms with Crippen LogP contribution < -0.4 is 5.32 Å². The predicted molar refractivity (Wildman–Crippen MR) is 65.3 cm³/mol. The summed E-state index contributed by atoms with van der Waals surface area (Å²) in [7, 11) is 0. The Morgan fingerprint density at radius 1 is 1.44 bits per heavy atom. The fourth-order valence-corrected chi connectivity index (χ4v) is 2.03. The maximum atomic E-state index is 11.8. The van der Waals surface area contributed by atoms with Crippen LogP contribution in [0.4, 0.5) is 4.79 Å². The molecule has 0 saturated carbocycles. The van der Waals surface area contributed by atoms with E-state index in [1.807, 2.05) is 0 Å². The largest absolute Gasteiger partial charge is 0.479 e. The van der Waals surface area contributed by atoms with Gasteiger partial charge in [0.1, 0.15) is 0 Å². The molecule has 18 heavy (non-hydrogen) atoms. The molecule has 1 rings (SSSR count).